The Bertz CT molecular complexity index is 1560. The first kappa shape index (κ1) is 51.6. The van der Waals surface area contributed by atoms with E-state index >= 15 is 0 Å². The zero-order valence-electron chi connectivity index (χ0n) is 38.9. The number of esters is 2. The maximum atomic E-state index is 13.7. The summed E-state index contributed by atoms with van der Waals surface area (Å²) in [5, 5.41) is 0. The lowest BCUT2D eigenvalue weighted by molar-refractivity contribution is 0.00681. The molecular weight excluding hydrogens is 777 g/mol. The van der Waals surface area contributed by atoms with E-state index in [4.69, 9.17) is 42.1 Å². The van der Waals surface area contributed by atoms with Crippen LogP contribution in [0.3, 0.4) is 0 Å². The zero-order chi connectivity index (χ0) is 44.4. The van der Waals surface area contributed by atoms with Crippen LogP contribution in [0.5, 0.6) is 34.5 Å². The highest BCUT2D eigenvalue weighted by molar-refractivity contribution is 8.29. The number of hydrogen-bond donors (Lipinski definition) is 0. The Morgan fingerprint density at radius 3 is 1.63 bits per heavy atom. The molecule has 0 N–H and O–H groups in total. The van der Waals surface area contributed by atoms with E-state index in [2.05, 4.69) is 43.1 Å². The summed E-state index contributed by atoms with van der Waals surface area (Å²) in [6, 6.07) is 6.37. The molecule has 0 amide bonds. The van der Waals surface area contributed by atoms with E-state index in [1.165, 1.54) is 35.5 Å². The maximum absolute atomic E-state index is 13.7. The van der Waals surface area contributed by atoms with Crippen molar-refractivity contribution in [2.45, 2.75) is 104 Å². The largest absolute Gasteiger partial charge is 0.493 e. The smallest absolute Gasteiger partial charge is 0.338 e. The van der Waals surface area contributed by atoms with E-state index in [0.29, 0.717) is 59.3 Å². The molecule has 0 spiro atoms. The van der Waals surface area contributed by atoms with Crippen LogP contribution in [0, 0.1) is 0 Å². The van der Waals surface area contributed by atoms with Gasteiger partial charge in [-0.2, -0.15) is 0 Å². The van der Waals surface area contributed by atoms with E-state index in [1.807, 2.05) is 34.6 Å². The Morgan fingerprint density at radius 1 is 0.644 bits per heavy atom. The Kier molecular flexibility index (Phi) is 21.5. The first-order valence-electron chi connectivity index (χ1n) is 20.8. The Balaban J connectivity index is 0.00000590. The summed E-state index contributed by atoms with van der Waals surface area (Å²) in [7, 11) is 6.42. The predicted octanol–water partition coefficient (Wildman–Crippen LogP) is 8.68. The summed E-state index contributed by atoms with van der Waals surface area (Å²) in [4.78, 5) is 31.6. The summed E-state index contributed by atoms with van der Waals surface area (Å²) >= 11 is 0. The molecule has 13 nitrogen and oxygen atoms in total. The molecule has 1 aliphatic heterocycles. The monoisotopic (exact) mass is 853 g/mol. The van der Waals surface area contributed by atoms with Gasteiger partial charge in [0.15, 0.2) is 23.0 Å². The van der Waals surface area contributed by atoms with Crippen molar-refractivity contribution in [1.29, 1.82) is 0 Å². The highest BCUT2D eigenvalue weighted by Gasteiger charge is 2.29. The third kappa shape index (κ3) is 16.4. The first-order valence-corrected chi connectivity index (χ1v) is 23.2. The molecule has 0 aliphatic carbocycles. The number of hydrogen-bond acceptors (Lipinski definition) is 13. The van der Waals surface area contributed by atoms with E-state index in [1.54, 1.807) is 24.3 Å². The predicted molar refractivity (Wildman–Crippen MR) is 238 cm³/mol. The van der Waals surface area contributed by atoms with E-state index in [0.717, 1.165) is 58.7 Å². The van der Waals surface area contributed by atoms with Gasteiger partial charge in [-0.05, 0) is 103 Å². The molecular formula is C45H76N2O11S. The van der Waals surface area contributed by atoms with Crippen molar-refractivity contribution in [1.82, 2.24) is 9.80 Å². The summed E-state index contributed by atoms with van der Waals surface area (Å²) in [6.07, 6.45) is 7.90. The van der Waals surface area contributed by atoms with Crippen LogP contribution in [-0.2, 0) is 13.7 Å². The number of carbonyl (C=O) groups is 2. The molecule has 2 aromatic rings. The van der Waals surface area contributed by atoms with Crippen LogP contribution in [0.25, 0.3) is 0 Å². The number of benzene rings is 2. The Labute approximate surface area is 357 Å². The third-order valence-electron chi connectivity index (χ3n) is 10.1. The van der Waals surface area contributed by atoms with E-state index in [9.17, 15) is 9.59 Å². The Hall–Kier alpha value is -3.59. The number of methoxy groups -OCH3 is 5. The average Bonchev–Trinajstić information content (AvgIpc) is 3.43. The molecule has 3 rings (SSSR count). The summed E-state index contributed by atoms with van der Waals surface area (Å²) in [6.45, 7) is 23.0. The molecule has 1 atom stereocenters. The topological polar surface area (TPSA) is 124 Å². The average molecular weight is 853 g/mol. The molecule has 0 bridgehead atoms. The molecule has 1 aliphatic rings. The highest BCUT2D eigenvalue weighted by atomic mass is 32.3. The van der Waals surface area contributed by atoms with E-state index in [-0.39, 0.29) is 16.9 Å². The van der Waals surface area contributed by atoms with Crippen LogP contribution < -0.4 is 28.4 Å². The quantitative estimate of drug-likeness (QED) is 0.0880. The minimum atomic E-state index is -1.12. The SMILES string of the molecule is CC.COc1cc(C(=O)OC(CCCOc2cc(C(=O)OC(C)(C)C)cc(OC)c2OC)CCN2CCCN(CCCOS(C)(C)C(C)(C)C)CC2)cc(OC)c1OC. The number of carbonyl (C=O) groups excluding carboxylic acids is 2. The number of nitrogens with zero attached hydrogens (tertiary/aromatic N) is 2. The lowest BCUT2D eigenvalue weighted by Gasteiger charge is -2.43. The van der Waals surface area contributed by atoms with Crippen LogP contribution in [0.1, 0.15) is 108 Å². The molecule has 0 saturated carbocycles. The molecule has 0 radical (unpaired) electrons. The van der Waals surface area contributed by atoms with Gasteiger partial charge in [0.25, 0.3) is 0 Å². The van der Waals surface area contributed by atoms with Gasteiger partial charge in [-0.1, -0.05) is 34.6 Å². The maximum Gasteiger partial charge on any atom is 0.338 e. The second-order valence-corrected chi connectivity index (χ2v) is 20.4. The van der Waals surface area contributed by atoms with Gasteiger partial charge in [0.1, 0.15) is 11.7 Å². The van der Waals surface area contributed by atoms with Crippen molar-refractivity contribution in [3.05, 3.63) is 35.4 Å². The normalized spacial score (nSPS) is 14.8. The van der Waals surface area contributed by atoms with Crippen molar-refractivity contribution in [3.63, 3.8) is 0 Å². The second kappa shape index (κ2) is 24.6. The van der Waals surface area contributed by atoms with Crippen molar-refractivity contribution < 1.29 is 51.7 Å². The first-order chi connectivity index (χ1) is 27.9. The van der Waals surface area contributed by atoms with Gasteiger partial charge in [-0.25, -0.2) is 9.59 Å². The van der Waals surface area contributed by atoms with Crippen LogP contribution in [0.4, 0.5) is 0 Å². The van der Waals surface area contributed by atoms with Gasteiger partial charge < -0.3 is 51.9 Å². The molecule has 0 aromatic heterocycles. The lowest BCUT2D eigenvalue weighted by atomic mass is 10.1. The summed E-state index contributed by atoms with van der Waals surface area (Å²) in [5.74, 6) is 1.21. The Morgan fingerprint density at radius 2 is 1.14 bits per heavy atom. The van der Waals surface area contributed by atoms with Crippen molar-refractivity contribution >= 4 is 22.2 Å². The van der Waals surface area contributed by atoms with Crippen LogP contribution >= 0.6 is 10.3 Å². The van der Waals surface area contributed by atoms with Crippen LogP contribution in [0.2, 0.25) is 0 Å². The number of ether oxygens (including phenoxy) is 8. The van der Waals surface area contributed by atoms with Gasteiger partial charge in [0.05, 0.1) is 59.9 Å². The summed E-state index contributed by atoms with van der Waals surface area (Å²) < 4.78 is 52.0. The van der Waals surface area contributed by atoms with E-state index < -0.39 is 34.0 Å². The fourth-order valence-corrected chi connectivity index (χ4v) is 7.08. The minimum Gasteiger partial charge on any atom is -0.493 e. The van der Waals surface area contributed by atoms with Gasteiger partial charge in [-0.3, -0.25) is 0 Å². The molecule has 2 aromatic carbocycles. The van der Waals surface area contributed by atoms with Gasteiger partial charge >= 0.3 is 11.9 Å². The van der Waals surface area contributed by atoms with Gasteiger partial charge in [0.2, 0.25) is 11.5 Å². The second-order valence-electron chi connectivity index (χ2n) is 16.5. The van der Waals surface area contributed by atoms with Crippen LogP contribution in [0.15, 0.2) is 24.3 Å². The molecule has 1 heterocycles. The van der Waals surface area contributed by atoms with Gasteiger partial charge in [0, 0.05) is 30.9 Å². The zero-order valence-corrected chi connectivity index (χ0v) is 39.7. The molecule has 338 valence electrons. The highest BCUT2D eigenvalue weighted by Crippen LogP contribution is 2.53. The van der Waals surface area contributed by atoms with Gasteiger partial charge in [-0.15, -0.1) is 10.3 Å². The minimum absolute atomic E-state index is 0.153. The van der Waals surface area contributed by atoms with Crippen molar-refractivity contribution in [2.24, 2.45) is 0 Å². The third-order valence-corrected chi connectivity index (χ3v) is 13.8. The fraction of sp³-hybridized carbons (Fsp3) is 0.689. The van der Waals surface area contributed by atoms with Crippen molar-refractivity contribution in [2.75, 3.05) is 101 Å². The number of rotatable bonds is 21. The molecule has 1 saturated heterocycles. The molecule has 14 heteroatoms. The van der Waals surface area contributed by atoms with Crippen molar-refractivity contribution in [3.8, 4) is 34.5 Å². The lowest BCUT2D eigenvalue weighted by Crippen LogP contribution is -2.34. The molecule has 59 heavy (non-hydrogen) atoms. The molecule has 1 unspecified atom stereocenters. The molecule has 1 fully saturated rings. The standard InChI is InChI=1S/C43H70N2O11S.C2H6/c1-42(2,3)56-41(47)32-29-36(50-9)39(52-11)37(30-32)53-25-14-17-33(55-40(46)31-27-34(48-7)38(51-10)35(28-31)49-8)18-22-45-20-15-19-44(23-24-45)21-16-26-54-57(12,13)43(4,5)6;1-2/h27-30,33H,14-26H2,1-13H3;1-2H3. The summed E-state index contributed by atoms with van der Waals surface area (Å²) in [5.41, 5.74) is -0.0977. The fourth-order valence-electron chi connectivity index (χ4n) is 6.20. The van der Waals surface area contributed by atoms with Crippen LogP contribution in [-0.4, -0.2) is 139 Å².